The van der Waals surface area contributed by atoms with Gasteiger partial charge in [-0.1, -0.05) is 23.9 Å². The zero-order chi connectivity index (χ0) is 19.4. The fourth-order valence-electron chi connectivity index (χ4n) is 2.23. The van der Waals surface area contributed by atoms with Gasteiger partial charge in [-0.25, -0.2) is 0 Å². The zero-order valence-corrected chi connectivity index (χ0v) is 14.4. The first-order chi connectivity index (χ1) is 12.9. The first-order valence-corrected chi connectivity index (χ1v) is 8.45. The molecule has 1 unspecified atom stereocenters. The first kappa shape index (κ1) is 18.3. The van der Waals surface area contributed by atoms with Crippen molar-refractivity contribution in [2.24, 2.45) is 10.2 Å². The number of nitrogens with one attached hydrogen (secondary N) is 1. The molecule has 2 aromatic rings. The molecule has 0 saturated carbocycles. The predicted octanol–water partition coefficient (Wildman–Crippen LogP) is 2.25. The van der Waals surface area contributed by atoms with E-state index in [2.05, 4.69) is 15.5 Å². The van der Waals surface area contributed by atoms with E-state index >= 15 is 0 Å². The fraction of sp³-hybridized carbons (Fsp3) is 0.125. The standard InChI is InChI=1S/C16H12N4O6S/c21-14(22)7-13-15(23)18-16(27-13)19-17-8-11-4-5-12(26-11)9-2-1-3-10(6-9)20(24)25/h1-6,8,13H,7H2,(H,21,22)(H,18,19,23)/b17-8+. The summed E-state index contributed by atoms with van der Waals surface area (Å²) in [5, 5.41) is 29.1. The molecule has 1 aromatic heterocycles. The third-order valence-corrected chi connectivity index (χ3v) is 4.51. The van der Waals surface area contributed by atoms with Crippen molar-refractivity contribution in [1.29, 1.82) is 0 Å². The second-order valence-electron chi connectivity index (χ2n) is 5.35. The van der Waals surface area contributed by atoms with Gasteiger partial charge in [-0.05, 0) is 12.1 Å². The number of benzene rings is 1. The van der Waals surface area contributed by atoms with E-state index in [4.69, 9.17) is 9.52 Å². The second-order valence-corrected chi connectivity index (χ2v) is 6.54. The maximum Gasteiger partial charge on any atom is 0.305 e. The molecule has 1 atom stereocenters. The normalized spacial score (nSPS) is 18.1. The van der Waals surface area contributed by atoms with Gasteiger partial charge in [0, 0.05) is 17.7 Å². The number of nitrogens with zero attached hydrogens (tertiary/aromatic N) is 3. The minimum atomic E-state index is -1.07. The average Bonchev–Trinajstić information content (AvgIpc) is 3.22. The minimum absolute atomic E-state index is 0.0459. The number of amides is 1. The van der Waals surface area contributed by atoms with Crippen molar-refractivity contribution >= 4 is 40.7 Å². The lowest BCUT2D eigenvalue weighted by molar-refractivity contribution is -0.384. The van der Waals surface area contributed by atoms with Crippen molar-refractivity contribution < 1.29 is 24.0 Å². The summed E-state index contributed by atoms with van der Waals surface area (Å²) in [5.41, 5.74) is 0.501. The third kappa shape index (κ3) is 4.58. The highest BCUT2D eigenvalue weighted by atomic mass is 32.2. The lowest BCUT2D eigenvalue weighted by atomic mass is 10.1. The Morgan fingerprint density at radius 2 is 2.22 bits per heavy atom. The van der Waals surface area contributed by atoms with Gasteiger partial charge in [0.2, 0.25) is 5.91 Å². The zero-order valence-electron chi connectivity index (χ0n) is 13.6. The Kier molecular flexibility index (Phi) is 5.31. The number of hydrogen-bond donors (Lipinski definition) is 2. The van der Waals surface area contributed by atoms with Crippen LogP contribution in [0.1, 0.15) is 12.2 Å². The number of amidine groups is 1. The van der Waals surface area contributed by atoms with Gasteiger partial charge in [0.15, 0.2) is 5.17 Å². The molecule has 11 heteroatoms. The van der Waals surface area contributed by atoms with Gasteiger partial charge in [0.25, 0.3) is 5.69 Å². The SMILES string of the molecule is O=C(O)CC1S/C(=N\N=C\c2ccc(-c3cccc([N+](=O)[O-])c3)o2)NC1=O. The Bertz CT molecular complexity index is 967. The summed E-state index contributed by atoms with van der Waals surface area (Å²) >= 11 is 0.989. The maximum absolute atomic E-state index is 11.6. The van der Waals surface area contributed by atoms with Crippen molar-refractivity contribution in [1.82, 2.24) is 5.32 Å². The van der Waals surface area contributed by atoms with Gasteiger partial charge in [-0.3, -0.25) is 19.7 Å². The lowest BCUT2D eigenvalue weighted by Gasteiger charge is -1.97. The van der Waals surface area contributed by atoms with E-state index in [1.165, 1.54) is 18.3 Å². The van der Waals surface area contributed by atoms with Gasteiger partial charge < -0.3 is 14.8 Å². The van der Waals surface area contributed by atoms with E-state index in [9.17, 15) is 19.7 Å². The Labute approximate surface area is 156 Å². The fourth-order valence-corrected chi connectivity index (χ4v) is 3.15. The number of nitro benzene ring substituents is 1. The van der Waals surface area contributed by atoms with Gasteiger partial charge in [0.1, 0.15) is 16.8 Å². The predicted molar refractivity (Wildman–Crippen MR) is 97.6 cm³/mol. The third-order valence-electron chi connectivity index (χ3n) is 3.44. The highest BCUT2D eigenvalue weighted by molar-refractivity contribution is 8.15. The van der Waals surface area contributed by atoms with Gasteiger partial charge in [-0.15, -0.1) is 5.10 Å². The molecular formula is C16H12N4O6S. The summed E-state index contributed by atoms with van der Waals surface area (Å²) in [4.78, 5) is 32.6. The number of aliphatic carboxylic acids is 1. The number of hydrogen-bond acceptors (Lipinski definition) is 8. The minimum Gasteiger partial charge on any atom is -0.481 e. The van der Waals surface area contributed by atoms with Gasteiger partial charge >= 0.3 is 5.97 Å². The molecule has 0 spiro atoms. The van der Waals surface area contributed by atoms with Crippen molar-refractivity contribution in [3.05, 3.63) is 52.3 Å². The Balaban J connectivity index is 1.68. The van der Waals surface area contributed by atoms with Crippen molar-refractivity contribution in [2.45, 2.75) is 11.7 Å². The molecule has 3 rings (SSSR count). The molecule has 27 heavy (non-hydrogen) atoms. The quantitative estimate of drug-likeness (QED) is 0.438. The number of furan rings is 1. The molecule has 2 heterocycles. The van der Waals surface area contributed by atoms with Crippen LogP contribution in [0.5, 0.6) is 0 Å². The van der Waals surface area contributed by atoms with E-state index in [1.54, 1.807) is 24.3 Å². The Morgan fingerprint density at radius 3 is 2.96 bits per heavy atom. The number of nitro groups is 1. The molecule has 2 N–H and O–H groups in total. The van der Waals surface area contributed by atoms with Crippen molar-refractivity contribution in [3.8, 4) is 11.3 Å². The summed E-state index contributed by atoms with van der Waals surface area (Å²) < 4.78 is 5.55. The summed E-state index contributed by atoms with van der Waals surface area (Å²) in [5.74, 6) is -0.714. The molecule has 1 aliphatic heterocycles. The van der Waals surface area contributed by atoms with E-state index in [-0.39, 0.29) is 17.3 Å². The van der Waals surface area contributed by atoms with E-state index < -0.39 is 22.0 Å². The lowest BCUT2D eigenvalue weighted by Crippen LogP contribution is -2.26. The highest BCUT2D eigenvalue weighted by Crippen LogP contribution is 2.25. The van der Waals surface area contributed by atoms with Crippen LogP contribution in [0.3, 0.4) is 0 Å². The highest BCUT2D eigenvalue weighted by Gasteiger charge is 2.32. The number of rotatable bonds is 6. The van der Waals surface area contributed by atoms with Crippen LogP contribution in [0.2, 0.25) is 0 Å². The Morgan fingerprint density at radius 1 is 1.41 bits per heavy atom. The van der Waals surface area contributed by atoms with Crippen molar-refractivity contribution in [2.75, 3.05) is 0 Å². The molecule has 10 nitrogen and oxygen atoms in total. The van der Waals surface area contributed by atoms with E-state index in [0.717, 1.165) is 11.8 Å². The molecule has 1 amide bonds. The summed E-state index contributed by atoms with van der Waals surface area (Å²) in [7, 11) is 0. The second kappa shape index (κ2) is 7.83. The molecular weight excluding hydrogens is 376 g/mol. The van der Waals surface area contributed by atoms with Crippen LogP contribution in [0.4, 0.5) is 5.69 Å². The summed E-state index contributed by atoms with van der Waals surface area (Å²) in [6.07, 6.45) is 1.01. The molecule has 0 aliphatic carbocycles. The van der Waals surface area contributed by atoms with Crippen LogP contribution >= 0.6 is 11.8 Å². The van der Waals surface area contributed by atoms with Crippen LogP contribution in [-0.2, 0) is 9.59 Å². The first-order valence-electron chi connectivity index (χ1n) is 7.57. The molecule has 1 aromatic carbocycles. The van der Waals surface area contributed by atoms with Crippen molar-refractivity contribution in [3.63, 3.8) is 0 Å². The number of carbonyl (C=O) groups excluding carboxylic acids is 1. The largest absolute Gasteiger partial charge is 0.481 e. The van der Waals surface area contributed by atoms with Crippen LogP contribution in [0.15, 0.2) is 51.0 Å². The number of non-ortho nitro benzene ring substituents is 1. The molecule has 1 saturated heterocycles. The van der Waals surface area contributed by atoms with Gasteiger partial charge in [0.05, 0.1) is 17.6 Å². The number of carbonyl (C=O) groups is 2. The molecule has 138 valence electrons. The van der Waals surface area contributed by atoms with Crippen LogP contribution in [-0.4, -0.2) is 38.5 Å². The van der Waals surface area contributed by atoms with E-state index in [0.29, 0.717) is 17.1 Å². The summed E-state index contributed by atoms with van der Waals surface area (Å²) in [6.45, 7) is 0. The molecule has 1 aliphatic rings. The Hall–Kier alpha value is -3.47. The summed E-state index contributed by atoms with van der Waals surface area (Å²) in [6, 6.07) is 9.28. The number of carboxylic acids is 1. The maximum atomic E-state index is 11.6. The van der Waals surface area contributed by atoms with Gasteiger partial charge in [-0.2, -0.15) is 5.10 Å². The number of carboxylic acid groups (broad SMARTS) is 1. The number of thioether (sulfide) groups is 1. The molecule has 1 fully saturated rings. The van der Waals surface area contributed by atoms with E-state index in [1.807, 2.05) is 0 Å². The van der Waals surface area contributed by atoms with Crippen LogP contribution in [0, 0.1) is 10.1 Å². The molecule has 0 radical (unpaired) electrons. The monoisotopic (exact) mass is 388 g/mol. The van der Waals surface area contributed by atoms with Crippen LogP contribution in [0.25, 0.3) is 11.3 Å². The topological polar surface area (TPSA) is 147 Å². The smallest absolute Gasteiger partial charge is 0.305 e. The molecule has 0 bridgehead atoms. The average molecular weight is 388 g/mol. The van der Waals surface area contributed by atoms with Crippen LogP contribution < -0.4 is 5.32 Å².